The van der Waals surface area contributed by atoms with Crippen LogP contribution in [0.15, 0.2) is 10.9 Å². The molecule has 3 N–H and O–H groups in total. The van der Waals surface area contributed by atoms with Gasteiger partial charge in [-0.1, -0.05) is 5.16 Å². The summed E-state index contributed by atoms with van der Waals surface area (Å²) in [6, 6.07) is 2.98. The number of nitrogen functional groups attached to an aromatic ring is 1. The van der Waals surface area contributed by atoms with Gasteiger partial charge in [-0.2, -0.15) is 5.26 Å². The maximum Gasteiger partial charge on any atom is 0.186 e. The summed E-state index contributed by atoms with van der Waals surface area (Å²) in [6.45, 7) is 6.50. The first-order valence-corrected chi connectivity index (χ1v) is 17.3. The van der Waals surface area contributed by atoms with Gasteiger partial charge < -0.3 is 29.7 Å². The van der Waals surface area contributed by atoms with Gasteiger partial charge >= 0.3 is 0 Å². The van der Waals surface area contributed by atoms with Crippen molar-refractivity contribution in [2.24, 2.45) is 0 Å². The van der Waals surface area contributed by atoms with Crippen molar-refractivity contribution >= 4 is 33.3 Å². The number of aromatic nitrogens is 5. The summed E-state index contributed by atoms with van der Waals surface area (Å²) in [5.41, 5.74) is 10.1. The van der Waals surface area contributed by atoms with Crippen LogP contribution in [0.5, 0.6) is 0 Å². The van der Waals surface area contributed by atoms with Gasteiger partial charge in [-0.3, -0.25) is 0 Å². The van der Waals surface area contributed by atoms with Crippen LogP contribution in [0.4, 0.5) is 10.8 Å². The number of nitrogens with zero attached hydrogens (tertiary/aromatic N) is 8. The first-order chi connectivity index (χ1) is 21.7. The highest BCUT2D eigenvalue weighted by atomic mass is 32.1. The summed E-state index contributed by atoms with van der Waals surface area (Å²) in [4.78, 5) is 21.1. The molecule has 1 spiro atoms. The molecule has 0 bridgehead atoms. The highest BCUT2D eigenvalue weighted by Crippen LogP contribution is 2.55. The lowest BCUT2D eigenvalue weighted by atomic mass is 9.63. The molecule has 2 saturated heterocycles. The number of thiophene rings is 1. The van der Waals surface area contributed by atoms with Gasteiger partial charge in [0.2, 0.25) is 0 Å². The molecular weight excluding hydrogens is 586 g/mol. The third-order valence-corrected chi connectivity index (χ3v) is 12.1. The van der Waals surface area contributed by atoms with E-state index in [1.807, 2.05) is 13.3 Å². The number of hydrogen-bond donors (Lipinski definition) is 2. The van der Waals surface area contributed by atoms with E-state index in [2.05, 4.69) is 34.4 Å². The molecule has 4 aromatic heterocycles. The quantitative estimate of drug-likeness (QED) is 0.318. The number of nitrogens with two attached hydrogens (primary N) is 1. The van der Waals surface area contributed by atoms with Crippen LogP contribution in [0.25, 0.3) is 22.7 Å². The fourth-order valence-corrected chi connectivity index (χ4v) is 10.0. The predicted molar refractivity (Wildman–Crippen MR) is 173 cm³/mol. The van der Waals surface area contributed by atoms with Gasteiger partial charge in [-0.15, -0.1) is 11.3 Å². The number of β-amino-alcohol motifs (C(OH)–C–C–N with tert-alkyl or cyclic N) is 1. The van der Waals surface area contributed by atoms with Crippen LogP contribution in [0, 0.1) is 11.3 Å². The number of piperidine rings is 1. The zero-order valence-electron chi connectivity index (χ0n) is 26.3. The zero-order valence-corrected chi connectivity index (χ0v) is 27.2. The Hall–Kier alpha value is -3.53. The Morgan fingerprint density at radius 1 is 1.16 bits per heavy atom. The molecule has 0 saturated carbocycles. The Kier molecular flexibility index (Phi) is 6.75. The fraction of sp³-hybridized carbons (Fsp3) is 0.606. The molecule has 2 aliphatic heterocycles. The number of aryl methyl sites for hydroxylation is 1. The number of likely N-dealkylation sites (tertiary alicyclic amines) is 1. The van der Waals surface area contributed by atoms with E-state index < -0.39 is 11.0 Å². The summed E-state index contributed by atoms with van der Waals surface area (Å²) in [5, 5.41) is 26.5. The first kappa shape index (κ1) is 28.9. The van der Waals surface area contributed by atoms with Gasteiger partial charge in [0, 0.05) is 35.6 Å². The molecule has 0 amide bonds. The first-order valence-electron chi connectivity index (χ1n) is 16.4. The largest absolute Gasteiger partial charge is 0.389 e. The van der Waals surface area contributed by atoms with Crippen molar-refractivity contribution in [3.8, 4) is 17.6 Å². The normalized spacial score (nSPS) is 27.5. The van der Waals surface area contributed by atoms with Gasteiger partial charge in [0.25, 0.3) is 0 Å². The van der Waals surface area contributed by atoms with E-state index in [9.17, 15) is 10.4 Å². The Morgan fingerprint density at radius 3 is 2.73 bits per heavy atom. The molecule has 4 aliphatic rings. The van der Waals surface area contributed by atoms with Crippen molar-refractivity contribution in [3.63, 3.8) is 0 Å². The number of hydrogen-bond acceptors (Lipinski definition) is 11. The number of anilines is 2. The minimum absolute atomic E-state index is 0.172. The minimum Gasteiger partial charge on any atom is -0.389 e. The molecule has 0 radical (unpaired) electrons. The van der Waals surface area contributed by atoms with Gasteiger partial charge in [0.1, 0.15) is 11.1 Å². The lowest BCUT2D eigenvalue weighted by molar-refractivity contribution is 0.0448. The molecule has 4 aromatic rings. The Morgan fingerprint density at radius 2 is 1.98 bits per heavy atom. The molecule has 45 heavy (non-hydrogen) atoms. The smallest absolute Gasteiger partial charge is 0.186 e. The lowest BCUT2D eigenvalue weighted by Gasteiger charge is -2.39. The van der Waals surface area contributed by atoms with Crippen molar-refractivity contribution in [2.75, 3.05) is 37.3 Å². The molecule has 4 unspecified atom stereocenters. The second-order valence-corrected chi connectivity index (χ2v) is 15.2. The van der Waals surface area contributed by atoms with Gasteiger partial charge in [-0.05, 0) is 97.2 Å². The number of imidazole rings is 1. The van der Waals surface area contributed by atoms with Crippen LogP contribution < -0.4 is 10.6 Å². The molecule has 0 aromatic carbocycles. The maximum atomic E-state index is 11.0. The van der Waals surface area contributed by atoms with Crippen molar-refractivity contribution in [3.05, 3.63) is 33.7 Å². The second kappa shape index (κ2) is 10.5. The van der Waals surface area contributed by atoms with E-state index in [1.54, 1.807) is 11.3 Å². The van der Waals surface area contributed by atoms with E-state index in [1.165, 1.54) is 11.3 Å². The average molecular weight is 628 g/mol. The third kappa shape index (κ3) is 4.42. The van der Waals surface area contributed by atoms with Crippen LogP contribution in [0.3, 0.4) is 0 Å². The Bertz CT molecular complexity index is 1830. The van der Waals surface area contributed by atoms with Crippen LogP contribution in [0.1, 0.15) is 98.6 Å². The minimum atomic E-state index is -0.808. The standard InChI is InChI=1S/C33H41N9O2S/c1-19(22-9-6-14-40(22)3)42-18-36-26-30(41-15-7-11-32(2,43)17-41)37-29(38-31(26)42)25-20-8-4-12-33(27(20)44-39-25)13-5-10-23-24(33)21(16-34)28(35)45-23/h18-19,22,43H,4-15,17,35H2,1-3H3. The summed E-state index contributed by atoms with van der Waals surface area (Å²) in [5.74, 6) is 2.11. The predicted octanol–water partition coefficient (Wildman–Crippen LogP) is 4.96. The number of nitriles is 1. The van der Waals surface area contributed by atoms with Gasteiger partial charge in [0.15, 0.2) is 34.3 Å². The van der Waals surface area contributed by atoms with Crippen molar-refractivity contribution in [1.82, 2.24) is 29.6 Å². The van der Waals surface area contributed by atoms with Crippen LogP contribution >= 0.6 is 11.3 Å². The monoisotopic (exact) mass is 627 g/mol. The zero-order chi connectivity index (χ0) is 31.1. The fourth-order valence-electron chi connectivity index (χ4n) is 8.87. The second-order valence-electron chi connectivity index (χ2n) is 14.0. The van der Waals surface area contributed by atoms with Crippen LogP contribution in [-0.4, -0.2) is 73.0 Å². The average Bonchev–Trinajstić information content (AvgIpc) is 3.81. The topological polar surface area (TPSA) is 146 Å². The molecular formula is C33H41N9O2S. The maximum absolute atomic E-state index is 11.0. The van der Waals surface area contributed by atoms with Crippen LogP contribution in [0.2, 0.25) is 0 Å². The molecule has 8 rings (SSSR count). The summed E-state index contributed by atoms with van der Waals surface area (Å²) in [6.07, 6.45) is 11.4. The Balaban J connectivity index is 1.30. The van der Waals surface area contributed by atoms with Crippen molar-refractivity contribution < 1.29 is 9.63 Å². The van der Waals surface area contributed by atoms with E-state index >= 15 is 0 Å². The van der Waals surface area contributed by atoms with Crippen LogP contribution in [-0.2, 0) is 18.3 Å². The molecule has 2 fully saturated rings. The molecule has 4 atom stereocenters. The van der Waals surface area contributed by atoms with Crippen molar-refractivity contribution in [1.29, 1.82) is 5.26 Å². The molecule has 6 heterocycles. The van der Waals surface area contributed by atoms with E-state index in [0.29, 0.717) is 34.7 Å². The summed E-state index contributed by atoms with van der Waals surface area (Å²) in [7, 11) is 2.20. The third-order valence-electron chi connectivity index (χ3n) is 11.0. The van der Waals surface area contributed by atoms with Gasteiger partial charge in [0.05, 0.1) is 22.9 Å². The highest BCUT2D eigenvalue weighted by molar-refractivity contribution is 7.16. The SMILES string of the molecule is CC(C1CCCN1C)n1cnc2c(N3CCCC(C)(O)C3)nc(-c3noc4c3CCCC43CCCc4sc(N)c(C#N)c43)nc21. The number of aliphatic hydroxyl groups is 1. The lowest BCUT2D eigenvalue weighted by Crippen LogP contribution is -2.46. The van der Waals surface area contributed by atoms with Crippen molar-refractivity contribution in [2.45, 2.75) is 101 Å². The van der Waals surface area contributed by atoms with E-state index in [4.69, 9.17) is 30.4 Å². The van der Waals surface area contributed by atoms with Gasteiger partial charge in [-0.25, -0.2) is 15.0 Å². The van der Waals surface area contributed by atoms with E-state index in [-0.39, 0.29) is 6.04 Å². The molecule has 236 valence electrons. The molecule has 12 heteroatoms. The molecule has 2 aliphatic carbocycles. The highest BCUT2D eigenvalue weighted by Gasteiger charge is 2.49. The number of rotatable bonds is 4. The summed E-state index contributed by atoms with van der Waals surface area (Å²) < 4.78 is 8.53. The number of likely N-dealkylation sites (N-methyl/N-ethyl adjacent to an activating group) is 1. The summed E-state index contributed by atoms with van der Waals surface area (Å²) >= 11 is 1.55. The Labute approximate surface area is 267 Å². The van der Waals surface area contributed by atoms with E-state index in [0.717, 1.165) is 105 Å². The molecule has 11 nitrogen and oxygen atoms in total. The number of fused-ring (bicyclic) bond motifs is 5.